The van der Waals surface area contributed by atoms with Crippen LogP contribution in [0.3, 0.4) is 0 Å². The van der Waals surface area contributed by atoms with E-state index in [1.165, 1.54) is 0 Å². The quantitative estimate of drug-likeness (QED) is 0.483. The average Bonchev–Trinajstić information content (AvgIpc) is 2.77. The van der Waals surface area contributed by atoms with Crippen LogP contribution in [0.2, 0.25) is 5.02 Å². The molecular weight excluding hydrogens is 432 g/mol. The van der Waals surface area contributed by atoms with E-state index in [4.69, 9.17) is 16.3 Å². The number of nitrogens with one attached hydrogen (secondary N) is 1. The molecule has 5 heteroatoms. The van der Waals surface area contributed by atoms with Gasteiger partial charge in [-0.3, -0.25) is 4.79 Å². The van der Waals surface area contributed by atoms with Crippen LogP contribution < -0.4 is 10.1 Å². The SMILES string of the molecule is CC1(C)CC(=O)C=C(NC2=C(C#N)C(c3ccccc3Cl)c3c(ccc4ccccc34)O2)C1. The van der Waals surface area contributed by atoms with Gasteiger partial charge in [0.1, 0.15) is 17.4 Å². The molecule has 1 unspecified atom stereocenters. The third-order valence-corrected chi connectivity index (χ3v) is 6.58. The summed E-state index contributed by atoms with van der Waals surface area (Å²) in [4.78, 5) is 12.3. The summed E-state index contributed by atoms with van der Waals surface area (Å²) in [6.07, 6.45) is 2.81. The zero-order valence-electron chi connectivity index (χ0n) is 18.5. The molecule has 164 valence electrons. The molecule has 5 rings (SSSR count). The Morgan fingerprint density at radius 1 is 1.06 bits per heavy atom. The molecule has 0 saturated carbocycles. The summed E-state index contributed by atoms with van der Waals surface area (Å²) in [5, 5.41) is 16.3. The molecule has 1 N–H and O–H groups in total. The third-order valence-electron chi connectivity index (χ3n) is 6.23. The van der Waals surface area contributed by atoms with Crippen LogP contribution in [-0.4, -0.2) is 5.78 Å². The van der Waals surface area contributed by atoms with Crippen LogP contribution in [0, 0.1) is 16.7 Å². The van der Waals surface area contributed by atoms with E-state index in [9.17, 15) is 10.1 Å². The number of carbonyl (C=O) groups is 1. The molecule has 1 heterocycles. The molecule has 4 nitrogen and oxygen atoms in total. The second kappa shape index (κ2) is 8.10. The van der Waals surface area contributed by atoms with Crippen LogP contribution in [0.4, 0.5) is 0 Å². The molecule has 33 heavy (non-hydrogen) atoms. The topological polar surface area (TPSA) is 62.1 Å². The Labute approximate surface area is 198 Å². The lowest BCUT2D eigenvalue weighted by atomic mass is 9.78. The van der Waals surface area contributed by atoms with E-state index in [1.54, 1.807) is 6.08 Å². The van der Waals surface area contributed by atoms with E-state index in [0.717, 1.165) is 27.6 Å². The Balaban J connectivity index is 1.71. The summed E-state index contributed by atoms with van der Waals surface area (Å²) in [7, 11) is 0. The van der Waals surface area contributed by atoms with E-state index in [1.807, 2.05) is 60.7 Å². The predicted octanol–water partition coefficient (Wildman–Crippen LogP) is 6.62. The highest BCUT2D eigenvalue weighted by Crippen LogP contribution is 2.47. The average molecular weight is 455 g/mol. The van der Waals surface area contributed by atoms with Gasteiger partial charge in [-0.05, 0) is 40.3 Å². The van der Waals surface area contributed by atoms with Crippen molar-refractivity contribution in [2.45, 2.75) is 32.6 Å². The maximum Gasteiger partial charge on any atom is 0.212 e. The molecule has 0 fully saturated rings. The van der Waals surface area contributed by atoms with Gasteiger partial charge >= 0.3 is 0 Å². The monoisotopic (exact) mass is 454 g/mol. The lowest BCUT2D eigenvalue weighted by Crippen LogP contribution is -2.31. The minimum Gasteiger partial charge on any atom is -0.440 e. The van der Waals surface area contributed by atoms with Crippen molar-refractivity contribution in [2.75, 3.05) is 0 Å². The molecule has 3 aromatic rings. The van der Waals surface area contributed by atoms with Crippen molar-refractivity contribution in [3.63, 3.8) is 0 Å². The molecule has 3 aromatic carbocycles. The summed E-state index contributed by atoms with van der Waals surface area (Å²) >= 11 is 6.64. The van der Waals surface area contributed by atoms with Crippen molar-refractivity contribution in [1.29, 1.82) is 5.26 Å². The van der Waals surface area contributed by atoms with Crippen LogP contribution in [0.15, 0.2) is 83.9 Å². The van der Waals surface area contributed by atoms with Gasteiger partial charge in [0.15, 0.2) is 5.78 Å². The summed E-state index contributed by atoms with van der Waals surface area (Å²) < 4.78 is 6.29. The fourth-order valence-electron chi connectivity index (χ4n) is 4.90. The molecule has 0 amide bonds. The van der Waals surface area contributed by atoms with E-state index in [0.29, 0.717) is 35.1 Å². The van der Waals surface area contributed by atoms with Crippen LogP contribution in [0.25, 0.3) is 10.8 Å². The second-order valence-corrected chi connectivity index (χ2v) is 9.80. The van der Waals surface area contributed by atoms with Gasteiger partial charge in [-0.1, -0.05) is 74.0 Å². The summed E-state index contributed by atoms with van der Waals surface area (Å²) in [6, 6.07) is 22.0. The highest BCUT2D eigenvalue weighted by atomic mass is 35.5. The number of hydrogen-bond donors (Lipinski definition) is 1. The number of allylic oxidation sites excluding steroid dienone is 3. The van der Waals surface area contributed by atoms with Gasteiger partial charge in [-0.25, -0.2) is 0 Å². The molecule has 1 atom stereocenters. The summed E-state index contributed by atoms with van der Waals surface area (Å²) in [5.74, 6) is 0.677. The summed E-state index contributed by atoms with van der Waals surface area (Å²) in [5.41, 5.74) is 2.78. The van der Waals surface area contributed by atoms with E-state index in [2.05, 4.69) is 25.2 Å². The minimum absolute atomic E-state index is 0.0673. The standard InChI is InChI=1S/C28H23ClN2O2/c1-28(2)14-18(13-19(32)15-28)31-27-22(16-30)25(21-9-5-6-10-23(21)29)26-20-8-4-3-7-17(20)11-12-24(26)33-27/h3-13,25,31H,14-15H2,1-2H3. The normalized spacial score (nSPS) is 19.4. The number of hydrogen-bond acceptors (Lipinski definition) is 4. The van der Waals surface area contributed by atoms with Crippen molar-refractivity contribution in [3.8, 4) is 11.8 Å². The smallest absolute Gasteiger partial charge is 0.212 e. The zero-order valence-corrected chi connectivity index (χ0v) is 19.2. The van der Waals surface area contributed by atoms with Gasteiger partial charge < -0.3 is 10.1 Å². The first-order valence-corrected chi connectivity index (χ1v) is 11.3. The van der Waals surface area contributed by atoms with E-state index < -0.39 is 5.92 Å². The first-order valence-electron chi connectivity index (χ1n) is 10.9. The molecule has 1 aliphatic heterocycles. The largest absolute Gasteiger partial charge is 0.440 e. The fraction of sp³-hybridized carbons (Fsp3) is 0.214. The predicted molar refractivity (Wildman–Crippen MR) is 130 cm³/mol. The molecule has 0 spiro atoms. The first kappa shape index (κ1) is 21.3. The van der Waals surface area contributed by atoms with Crippen LogP contribution >= 0.6 is 11.6 Å². The number of halogens is 1. The highest BCUT2D eigenvalue weighted by Gasteiger charge is 2.35. The number of fused-ring (bicyclic) bond motifs is 3. The lowest BCUT2D eigenvalue weighted by Gasteiger charge is -2.33. The second-order valence-electron chi connectivity index (χ2n) is 9.39. The molecule has 0 radical (unpaired) electrons. The van der Waals surface area contributed by atoms with Gasteiger partial charge in [-0.2, -0.15) is 5.26 Å². The Morgan fingerprint density at radius 2 is 1.82 bits per heavy atom. The Morgan fingerprint density at radius 3 is 2.58 bits per heavy atom. The zero-order chi connectivity index (χ0) is 23.2. The van der Waals surface area contributed by atoms with Crippen molar-refractivity contribution in [3.05, 3.63) is 100 Å². The Hall–Kier alpha value is -3.55. The van der Waals surface area contributed by atoms with Crippen LogP contribution in [-0.2, 0) is 4.79 Å². The highest BCUT2D eigenvalue weighted by molar-refractivity contribution is 6.31. The molecule has 0 saturated heterocycles. The number of carbonyl (C=O) groups excluding carboxylic acids is 1. The first-order chi connectivity index (χ1) is 15.9. The Bertz CT molecular complexity index is 1390. The molecule has 1 aliphatic carbocycles. The van der Waals surface area contributed by atoms with Gasteiger partial charge in [-0.15, -0.1) is 0 Å². The summed E-state index contributed by atoms with van der Waals surface area (Å²) in [6.45, 7) is 4.13. The van der Waals surface area contributed by atoms with Crippen molar-refractivity contribution in [1.82, 2.24) is 5.32 Å². The molecule has 2 aliphatic rings. The van der Waals surface area contributed by atoms with Crippen molar-refractivity contribution in [2.24, 2.45) is 5.41 Å². The number of nitrogens with zero attached hydrogens (tertiary/aromatic N) is 1. The van der Waals surface area contributed by atoms with Gasteiger partial charge in [0.2, 0.25) is 5.88 Å². The number of rotatable bonds is 3. The van der Waals surface area contributed by atoms with E-state index >= 15 is 0 Å². The van der Waals surface area contributed by atoms with Gasteiger partial charge in [0.05, 0.1) is 5.92 Å². The number of ether oxygens (including phenoxy) is 1. The molecule has 0 aromatic heterocycles. The number of ketones is 1. The minimum atomic E-state index is -0.408. The van der Waals surface area contributed by atoms with Gasteiger partial charge in [0.25, 0.3) is 0 Å². The number of benzene rings is 3. The fourth-order valence-corrected chi connectivity index (χ4v) is 5.15. The number of nitriles is 1. The van der Waals surface area contributed by atoms with Crippen molar-refractivity contribution >= 4 is 28.2 Å². The third kappa shape index (κ3) is 3.90. The maximum atomic E-state index is 12.3. The van der Waals surface area contributed by atoms with E-state index in [-0.39, 0.29) is 11.2 Å². The Kier molecular flexibility index (Phi) is 5.23. The van der Waals surface area contributed by atoms with Crippen molar-refractivity contribution < 1.29 is 9.53 Å². The lowest BCUT2D eigenvalue weighted by molar-refractivity contribution is -0.117. The molecular formula is C28H23ClN2O2. The van der Waals surface area contributed by atoms with Gasteiger partial charge in [0, 0.05) is 28.8 Å². The molecule has 0 bridgehead atoms. The maximum absolute atomic E-state index is 12.3. The van der Waals surface area contributed by atoms with Crippen LogP contribution in [0.5, 0.6) is 5.75 Å². The van der Waals surface area contributed by atoms with Crippen LogP contribution in [0.1, 0.15) is 43.7 Å².